The van der Waals surface area contributed by atoms with E-state index in [0.29, 0.717) is 40.8 Å². The molecule has 3 fully saturated rings. The molecule has 1 saturated carbocycles. The molecule has 2 N–H and O–H groups in total. The normalized spacial score (nSPS) is 22.8. The van der Waals surface area contributed by atoms with E-state index < -0.39 is 41.6 Å². The summed E-state index contributed by atoms with van der Waals surface area (Å²) in [5.41, 5.74) is 0.698. The van der Waals surface area contributed by atoms with E-state index in [9.17, 15) is 37.6 Å². The monoisotopic (exact) mass is 814 g/mol. The average Bonchev–Trinajstić information content (AvgIpc) is 3.74. The van der Waals surface area contributed by atoms with Gasteiger partial charge in [-0.3, -0.25) is 33.5 Å². The Balaban J connectivity index is 0.883. The van der Waals surface area contributed by atoms with Gasteiger partial charge in [-0.15, -0.1) is 0 Å². The molecule has 0 radical (unpaired) electrons. The Morgan fingerprint density at radius 1 is 1.05 bits per heavy atom. The molecule has 1 aliphatic carbocycles. The molecule has 308 valence electrons. The second kappa shape index (κ2) is 15.6. The van der Waals surface area contributed by atoms with Crippen LogP contribution < -0.4 is 21.2 Å². The predicted molar refractivity (Wildman–Crippen MR) is 209 cm³/mol. The zero-order valence-corrected chi connectivity index (χ0v) is 32.4. The second-order valence-corrected chi connectivity index (χ2v) is 15.8. The standard InChI is InChI=1S/C41H42F4N10O4/c1-51(31-15-16-53(22-27(31)42)32-6-4-7-33-37(32)52(2)40(59)55(33)34-13-14-36(56)49-39(34)58)20-23-9-11-26(12-10-23)54-21-25-18-29(24(19-46)17-30(25)50-54)48-38(57)28-5-3-8-35(47-28)41(43,44)45/h3-8,17-18,21,23,26-27,31,34H,9-16,20,22H2,1-2H3,(H,48,57)(H,49,56,58)/t23?,26?,27-,31+,34?/m1/s1. The predicted octanol–water partition coefficient (Wildman–Crippen LogP) is 5.49. The lowest BCUT2D eigenvalue weighted by Gasteiger charge is -2.42. The first kappa shape index (κ1) is 39.7. The number of para-hydroxylation sites is 1. The smallest absolute Gasteiger partial charge is 0.367 e. The Kier molecular flexibility index (Phi) is 10.5. The van der Waals surface area contributed by atoms with Crippen LogP contribution in [0.3, 0.4) is 0 Å². The van der Waals surface area contributed by atoms with Gasteiger partial charge in [0.25, 0.3) is 5.91 Å². The molecule has 8 rings (SSSR count). The zero-order valence-electron chi connectivity index (χ0n) is 32.4. The van der Waals surface area contributed by atoms with Crippen LogP contribution in [0.5, 0.6) is 0 Å². The molecule has 2 aromatic carbocycles. The molecule has 5 aromatic rings. The molecule has 2 saturated heterocycles. The van der Waals surface area contributed by atoms with Gasteiger partial charge in [-0.25, -0.2) is 14.2 Å². The molecule has 3 amide bonds. The van der Waals surface area contributed by atoms with Crippen LogP contribution in [0.15, 0.2) is 59.5 Å². The summed E-state index contributed by atoms with van der Waals surface area (Å²) in [6.45, 7) is 1.45. The van der Waals surface area contributed by atoms with Crippen LogP contribution in [-0.4, -0.2) is 85.4 Å². The van der Waals surface area contributed by atoms with Crippen molar-refractivity contribution in [3.8, 4) is 6.07 Å². The summed E-state index contributed by atoms with van der Waals surface area (Å²) in [5.74, 6) is -1.40. The number of halogens is 4. The van der Waals surface area contributed by atoms with Crippen LogP contribution in [-0.2, 0) is 22.8 Å². The molecule has 18 heteroatoms. The Morgan fingerprint density at radius 2 is 1.81 bits per heavy atom. The molecule has 2 aliphatic heterocycles. The Hall–Kier alpha value is -6.09. The van der Waals surface area contributed by atoms with Crippen LogP contribution in [0.4, 0.5) is 28.9 Å². The van der Waals surface area contributed by atoms with Gasteiger partial charge in [-0.2, -0.15) is 23.5 Å². The zero-order chi connectivity index (χ0) is 41.7. The van der Waals surface area contributed by atoms with Crippen molar-refractivity contribution in [2.45, 2.75) is 75.4 Å². The fraction of sp³-hybridized carbons (Fsp3) is 0.439. The molecule has 0 bridgehead atoms. The van der Waals surface area contributed by atoms with Crippen LogP contribution in [0.25, 0.3) is 21.9 Å². The number of carbonyl (C=O) groups excluding carboxylic acids is 3. The van der Waals surface area contributed by atoms with Gasteiger partial charge in [0.1, 0.15) is 29.7 Å². The van der Waals surface area contributed by atoms with Gasteiger partial charge in [-0.05, 0) is 87.9 Å². The van der Waals surface area contributed by atoms with E-state index in [2.05, 4.69) is 20.5 Å². The Labute approximate surface area is 335 Å². The summed E-state index contributed by atoms with van der Waals surface area (Å²) < 4.78 is 60.4. The number of fused-ring (bicyclic) bond motifs is 2. The van der Waals surface area contributed by atoms with Gasteiger partial charge >= 0.3 is 11.9 Å². The number of alkyl halides is 4. The number of nitrogens with zero attached hydrogens (tertiary/aromatic N) is 8. The first-order valence-electron chi connectivity index (χ1n) is 19.6. The first-order chi connectivity index (χ1) is 28.2. The summed E-state index contributed by atoms with van der Waals surface area (Å²) >= 11 is 0. The van der Waals surface area contributed by atoms with Gasteiger partial charge in [0.05, 0.1) is 46.1 Å². The quantitative estimate of drug-likeness (QED) is 0.153. The third-order valence-electron chi connectivity index (χ3n) is 12.1. The maximum Gasteiger partial charge on any atom is 0.433 e. The summed E-state index contributed by atoms with van der Waals surface area (Å²) in [4.78, 5) is 58.3. The van der Waals surface area contributed by atoms with E-state index in [4.69, 9.17) is 5.10 Å². The van der Waals surface area contributed by atoms with Gasteiger partial charge in [0.15, 0.2) is 0 Å². The molecule has 5 heterocycles. The number of anilines is 2. The fourth-order valence-corrected chi connectivity index (χ4v) is 9.02. The van der Waals surface area contributed by atoms with Gasteiger partial charge in [0, 0.05) is 44.2 Å². The van der Waals surface area contributed by atoms with E-state index in [1.807, 2.05) is 35.0 Å². The number of imide groups is 1. The van der Waals surface area contributed by atoms with Gasteiger partial charge in [0.2, 0.25) is 11.8 Å². The number of aryl methyl sites for hydroxylation is 1. The molecule has 3 aliphatic rings. The number of amides is 3. The lowest BCUT2D eigenvalue weighted by molar-refractivity contribution is -0.141. The highest BCUT2D eigenvalue weighted by atomic mass is 19.4. The number of pyridine rings is 1. The lowest BCUT2D eigenvalue weighted by Crippen LogP contribution is -2.52. The summed E-state index contributed by atoms with van der Waals surface area (Å²) in [5, 5.41) is 20.0. The highest BCUT2D eigenvalue weighted by molar-refractivity contribution is 6.05. The number of benzene rings is 2. The number of aromatic nitrogens is 5. The summed E-state index contributed by atoms with van der Waals surface area (Å²) in [6.07, 6.45) is 0.388. The second-order valence-electron chi connectivity index (χ2n) is 15.8. The van der Waals surface area contributed by atoms with Crippen molar-refractivity contribution in [1.29, 1.82) is 5.26 Å². The average molecular weight is 815 g/mol. The maximum absolute atomic E-state index is 16.1. The number of nitrogens with one attached hydrogen (secondary N) is 2. The molecular weight excluding hydrogens is 773 g/mol. The molecule has 3 aromatic heterocycles. The van der Waals surface area contributed by atoms with E-state index >= 15 is 4.39 Å². The van der Waals surface area contributed by atoms with Crippen molar-refractivity contribution in [1.82, 2.24) is 34.1 Å². The number of nitriles is 1. The largest absolute Gasteiger partial charge is 0.433 e. The van der Waals surface area contributed by atoms with E-state index in [0.717, 1.165) is 50.0 Å². The Morgan fingerprint density at radius 3 is 2.53 bits per heavy atom. The number of imidazole rings is 1. The first-order valence-corrected chi connectivity index (χ1v) is 19.6. The highest BCUT2D eigenvalue weighted by Crippen LogP contribution is 2.36. The molecule has 3 atom stereocenters. The lowest BCUT2D eigenvalue weighted by atomic mass is 9.85. The Bertz CT molecular complexity index is 2570. The topological polar surface area (TPSA) is 163 Å². The van der Waals surface area contributed by atoms with Crippen LogP contribution in [0.1, 0.15) is 78.8 Å². The number of piperidine rings is 2. The van der Waals surface area contributed by atoms with Gasteiger partial charge in [-0.1, -0.05) is 12.1 Å². The van der Waals surface area contributed by atoms with E-state index in [1.165, 1.54) is 15.2 Å². The number of carbonyl (C=O) groups is 3. The minimum Gasteiger partial charge on any atom is -0.367 e. The van der Waals surface area contributed by atoms with Crippen molar-refractivity contribution >= 4 is 51.0 Å². The van der Waals surface area contributed by atoms with Crippen LogP contribution in [0, 0.1) is 17.2 Å². The number of hydrogen-bond acceptors (Lipinski definition) is 9. The van der Waals surface area contributed by atoms with Crippen molar-refractivity contribution < 1.29 is 31.9 Å². The fourth-order valence-electron chi connectivity index (χ4n) is 9.02. The third-order valence-corrected chi connectivity index (χ3v) is 12.1. The SMILES string of the molecule is CN(CC1CCC(n2cc3cc(NC(=O)c4cccc(C(F)(F)F)n4)c(C#N)cc3n2)CC1)[C@H]1CCN(c2cccc3c2n(C)c(=O)n3C2CCC(=O)NC2=O)C[C@H]1F. The summed E-state index contributed by atoms with van der Waals surface area (Å²) in [7, 11) is 3.61. The molecule has 14 nitrogen and oxygen atoms in total. The molecule has 1 unspecified atom stereocenters. The van der Waals surface area contributed by atoms with Crippen molar-refractivity contribution in [3.63, 3.8) is 0 Å². The van der Waals surface area contributed by atoms with Crippen LogP contribution >= 0.6 is 0 Å². The molecule has 0 spiro atoms. The van der Waals surface area contributed by atoms with Crippen LogP contribution in [0.2, 0.25) is 0 Å². The summed E-state index contributed by atoms with van der Waals surface area (Å²) in [6, 6.07) is 12.6. The third kappa shape index (κ3) is 7.66. The maximum atomic E-state index is 16.1. The molecule has 59 heavy (non-hydrogen) atoms. The number of rotatable bonds is 8. The number of hydrogen-bond donors (Lipinski definition) is 2. The van der Waals surface area contributed by atoms with E-state index in [-0.39, 0.29) is 54.3 Å². The minimum atomic E-state index is -4.71. The minimum absolute atomic E-state index is 0.0857. The van der Waals surface area contributed by atoms with Crippen molar-refractivity contribution in [3.05, 3.63) is 82.2 Å². The van der Waals surface area contributed by atoms with Crippen molar-refractivity contribution in [2.24, 2.45) is 13.0 Å². The highest BCUT2D eigenvalue weighted by Gasteiger charge is 2.37. The van der Waals surface area contributed by atoms with Crippen molar-refractivity contribution in [2.75, 3.05) is 36.9 Å². The van der Waals surface area contributed by atoms with E-state index in [1.54, 1.807) is 31.3 Å². The molecular formula is C41H42F4N10O4. The van der Waals surface area contributed by atoms with Gasteiger partial charge < -0.3 is 15.1 Å².